The fraction of sp³-hybridized carbons (Fsp3) is 0.500. The van der Waals surface area contributed by atoms with Gasteiger partial charge in [-0.3, -0.25) is 0 Å². The predicted molar refractivity (Wildman–Crippen MR) is 68.5 cm³/mol. The third-order valence-electron chi connectivity index (χ3n) is 3.34. The molecule has 0 aliphatic heterocycles. The van der Waals surface area contributed by atoms with Crippen molar-refractivity contribution in [1.29, 1.82) is 0 Å². The first-order valence-corrected chi connectivity index (χ1v) is 6.59. The van der Waals surface area contributed by atoms with E-state index in [1.54, 1.807) is 17.7 Å². The fourth-order valence-corrected chi connectivity index (χ4v) is 3.09. The molecule has 17 heavy (non-hydrogen) atoms. The zero-order valence-electron chi connectivity index (χ0n) is 9.93. The monoisotopic (exact) mass is 249 g/mol. The van der Waals surface area contributed by atoms with Crippen LogP contribution in [0.1, 0.15) is 23.3 Å². The van der Waals surface area contributed by atoms with Crippen LogP contribution in [0, 0.1) is 13.8 Å². The number of hydrogen-bond acceptors (Lipinski definition) is 5. The average Bonchev–Trinajstić information content (AvgIpc) is 2.54. The molecule has 0 radical (unpaired) electrons. The van der Waals surface area contributed by atoms with E-state index in [0.717, 1.165) is 23.1 Å². The highest BCUT2D eigenvalue weighted by atomic mass is 32.1. The van der Waals surface area contributed by atoms with E-state index in [9.17, 15) is 0 Å². The van der Waals surface area contributed by atoms with E-state index in [-0.39, 0.29) is 6.10 Å². The third kappa shape index (κ3) is 1.79. The predicted octanol–water partition coefficient (Wildman–Crippen LogP) is 2.18. The van der Waals surface area contributed by atoms with Gasteiger partial charge in [0.15, 0.2) is 0 Å². The molecule has 0 amide bonds. The van der Waals surface area contributed by atoms with Gasteiger partial charge in [-0.15, -0.1) is 11.3 Å². The summed E-state index contributed by atoms with van der Waals surface area (Å²) >= 11 is 1.69. The van der Waals surface area contributed by atoms with Gasteiger partial charge in [-0.1, -0.05) is 0 Å². The number of nitrogens with two attached hydrogens (primary N) is 1. The summed E-state index contributed by atoms with van der Waals surface area (Å²) in [5.41, 5.74) is 6.98. The van der Waals surface area contributed by atoms with Crippen molar-refractivity contribution in [3.05, 3.63) is 16.8 Å². The van der Waals surface area contributed by atoms with E-state index in [2.05, 4.69) is 23.8 Å². The van der Waals surface area contributed by atoms with Crippen LogP contribution in [0.2, 0.25) is 0 Å². The minimum atomic E-state index is 0.225. The van der Waals surface area contributed by atoms with Gasteiger partial charge in [0.1, 0.15) is 17.3 Å². The molecule has 2 aromatic rings. The number of aromatic nitrogens is 2. The molecule has 0 unspecified atom stereocenters. The van der Waals surface area contributed by atoms with Crippen LogP contribution in [-0.4, -0.2) is 22.1 Å². The molecule has 90 valence electrons. The summed E-state index contributed by atoms with van der Waals surface area (Å²) in [4.78, 5) is 10.8. The Morgan fingerprint density at radius 1 is 1.35 bits per heavy atom. The van der Waals surface area contributed by atoms with Gasteiger partial charge >= 0.3 is 0 Å². The molecule has 1 aliphatic rings. The van der Waals surface area contributed by atoms with E-state index in [1.165, 1.54) is 10.4 Å². The standard InChI is InChI=1S/C12H15N3OS/c1-6-7(2)17-12-10(6)11(14-5-15-12)16-9-3-8(13)4-9/h5,8-9H,3-4,13H2,1-2H3. The fourth-order valence-electron chi connectivity index (χ4n) is 2.10. The molecular weight excluding hydrogens is 234 g/mol. The minimum Gasteiger partial charge on any atom is -0.474 e. The molecule has 1 fully saturated rings. The van der Waals surface area contributed by atoms with Crippen LogP contribution in [-0.2, 0) is 0 Å². The van der Waals surface area contributed by atoms with Gasteiger partial charge in [0.05, 0.1) is 5.39 Å². The van der Waals surface area contributed by atoms with Gasteiger partial charge in [-0.25, -0.2) is 9.97 Å². The van der Waals surface area contributed by atoms with Gasteiger partial charge in [-0.2, -0.15) is 0 Å². The van der Waals surface area contributed by atoms with Crippen molar-refractivity contribution in [2.24, 2.45) is 5.73 Å². The first-order chi connectivity index (χ1) is 8.15. The Labute approximate surface area is 104 Å². The van der Waals surface area contributed by atoms with Crippen molar-refractivity contribution in [1.82, 2.24) is 9.97 Å². The van der Waals surface area contributed by atoms with Crippen molar-refractivity contribution < 1.29 is 4.74 Å². The zero-order valence-corrected chi connectivity index (χ0v) is 10.8. The summed E-state index contributed by atoms with van der Waals surface area (Å²) in [5, 5.41) is 1.07. The second-order valence-corrected chi connectivity index (χ2v) is 5.82. The van der Waals surface area contributed by atoms with Crippen molar-refractivity contribution >= 4 is 21.6 Å². The molecule has 4 nitrogen and oxygen atoms in total. The quantitative estimate of drug-likeness (QED) is 0.886. The van der Waals surface area contributed by atoms with E-state index in [1.807, 2.05) is 0 Å². The van der Waals surface area contributed by atoms with Gasteiger partial charge in [0.2, 0.25) is 5.88 Å². The van der Waals surface area contributed by atoms with Gasteiger partial charge in [0.25, 0.3) is 0 Å². The van der Waals surface area contributed by atoms with Crippen molar-refractivity contribution in [2.75, 3.05) is 0 Å². The first-order valence-electron chi connectivity index (χ1n) is 5.78. The lowest BCUT2D eigenvalue weighted by Crippen LogP contribution is -2.43. The van der Waals surface area contributed by atoms with Crippen LogP contribution >= 0.6 is 11.3 Å². The van der Waals surface area contributed by atoms with Crippen LogP contribution in [0.3, 0.4) is 0 Å². The Morgan fingerprint density at radius 2 is 2.12 bits per heavy atom. The molecule has 0 atom stereocenters. The number of nitrogens with zero attached hydrogens (tertiary/aromatic N) is 2. The molecule has 3 rings (SSSR count). The lowest BCUT2D eigenvalue weighted by molar-refractivity contribution is 0.0975. The molecule has 2 N–H and O–H groups in total. The first kappa shape index (κ1) is 10.9. The third-order valence-corrected chi connectivity index (χ3v) is 4.46. The summed E-state index contributed by atoms with van der Waals surface area (Å²) in [6.45, 7) is 4.20. The Hall–Kier alpha value is -1.20. The normalized spacial score (nSPS) is 23.7. The van der Waals surface area contributed by atoms with Crippen molar-refractivity contribution in [3.8, 4) is 5.88 Å². The summed E-state index contributed by atoms with van der Waals surface area (Å²) in [6.07, 6.45) is 3.65. The minimum absolute atomic E-state index is 0.225. The number of fused-ring (bicyclic) bond motifs is 1. The second-order valence-electron chi connectivity index (χ2n) is 4.61. The summed E-state index contributed by atoms with van der Waals surface area (Å²) in [7, 11) is 0. The molecule has 2 heterocycles. The van der Waals surface area contributed by atoms with Crippen LogP contribution in [0.25, 0.3) is 10.2 Å². The van der Waals surface area contributed by atoms with Crippen LogP contribution in [0.5, 0.6) is 5.88 Å². The zero-order chi connectivity index (χ0) is 12.0. The van der Waals surface area contributed by atoms with E-state index >= 15 is 0 Å². The SMILES string of the molecule is Cc1sc2ncnc(OC3CC(N)C3)c2c1C. The molecule has 0 spiro atoms. The number of ether oxygens (including phenoxy) is 1. The lowest BCUT2D eigenvalue weighted by atomic mass is 9.90. The smallest absolute Gasteiger partial charge is 0.225 e. The molecular formula is C12H15N3OS. The summed E-state index contributed by atoms with van der Waals surface area (Å²) in [5.74, 6) is 0.716. The molecule has 1 aliphatic carbocycles. The number of thiophene rings is 1. The highest BCUT2D eigenvalue weighted by Crippen LogP contribution is 2.35. The highest BCUT2D eigenvalue weighted by molar-refractivity contribution is 7.18. The topological polar surface area (TPSA) is 61.0 Å². The van der Waals surface area contributed by atoms with E-state index in [4.69, 9.17) is 10.5 Å². The number of aryl methyl sites for hydroxylation is 2. The van der Waals surface area contributed by atoms with Crippen LogP contribution < -0.4 is 10.5 Å². The molecule has 0 aromatic carbocycles. The Morgan fingerprint density at radius 3 is 2.82 bits per heavy atom. The Bertz CT molecular complexity index is 560. The van der Waals surface area contributed by atoms with E-state index in [0.29, 0.717) is 11.9 Å². The van der Waals surface area contributed by atoms with Gasteiger partial charge < -0.3 is 10.5 Å². The molecule has 2 aromatic heterocycles. The van der Waals surface area contributed by atoms with E-state index < -0.39 is 0 Å². The van der Waals surface area contributed by atoms with Crippen LogP contribution in [0.4, 0.5) is 0 Å². The largest absolute Gasteiger partial charge is 0.474 e. The maximum atomic E-state index is 5.90. The van der Waals surface area contributed by atoms with Gasteiger partial charge in [-0.05, 0) is 32.3 Å². The van der Waals surface area contributed by atoms with Gasteiger partial charge in [0, 0.05) is 10.9 Å². The molecule has 0 saturated heterocycles. The van der Waals surface area contributed by atoms with Crippen LogP contribution in [0.15, 0.2) is 6.33 Å². The Kier molecular flexibility index (Phi) is 2.52. The van der Waals surface area contributed by atoms with Crippen molar-refractivity contribution in [3.63, 3.8) is 0 Å². The molecule has 5 heteroatoms. The lowest BCUT2D eigenvalue weighted by Gasteiger charge is -2.32. The molecule has 1 saturated carbocycles. The second kappa shape index (κ2) is 3.92. The van der Waals surface area contributed by atoms with Crippen molar-refractivity contribution in [2.45, 2.75) is 38.8 Å². The number of hydrogen-bond donors (Lipinski definition) is 1. The maximum absolute atomic E-state index is 5.90. The molecule has 0 bridgehead atoms. The average molecular weight is 249 g/mol. The number of rotatable bonds is 2. The highest BCUT2D eigenvalue weighted by Gasteiger charge is 2.29. The summed E-state index contributed by atoms with van der Waals surface area (Å²) in [6, 6.07) is 0.294. The maximum Gasteiger partial charge on any atom is 0.225 e. The Balaban J connectivity index is 1.98. The summed E-state index contributed by atoms with van der Waals surface area (Å²) < 4.78 is 5.90.